The third-order valence-corrected chi connectivity index (χ3v) is 7.09. The lowest BCUT2D eigenvalue weighted by molar-refractivity contribution is 0.0696. The number of benzene rings is 2. The van der Waals surface area contributed by atoms with Crippen molar-refractivity contribution < 1.29 is 19.4 Å². The average Bonchev–Trinajstić information content (AvgIpc) is 3.42. The summed E-state index contributed by atoms with van der Waals surface area (Å²) in [6.45, 7) is 0.286. The van der Waals surface area contributed by atoms with E-state index in [1.165, 1.54) is 30.4 Å². The molecule has 5 atom stereocenters. The highest BCUT2D eigenvalue weighted by atomic mass is 16.7. The Morgan fingerprint density at radius 2 is 1.89 bits per heavy atom. The second-order valence-corrected chi connectivity index (χ2v) is 8.28. The maximum Gasteiger partial charge on any atom is 0.335 e. The number of rotatable bonds is 2. The van der Waals surface area contributed by atoms with Crippen LogP contribution in [-0.4, -0.2) is 17.9 Å². The van der Waals surface area contributed by atoms with E-state index < -0.39 is 5.97 Å². The molecule has 0 radical (unpaired) electrons. The van der Waals surface area contributed by atoms with Crippen LogP contribution in [0.5, 0.6) is 11.5 Å². The summed E-state index contributed by atoms with van der Waals surface area (Å²) < 4.78 is 11.1. The molecule has 0 aromatic heterocycles. The zero-order valence-electron chi connectivity index (χ0n) is 14.9. The number of hydrogen-bond acceptors (Lipinski definition) is 4. The van der Waals surface area contributed by atoms with Crippen molar-refractivity contribution in [1.82, 2.24) is 0 Å². The Balaban J connectivity index is 1.46. The van der Waals surface area contributed by atoms with Gasteiger partial charge in [0.1, 0.15) is 0 Å². The Kier molecular flexibility index (Phi) is 3.08. The van der Waals surface area contributed by atoms with Gasteiger partial charge in [-0.1, -0.05) is 6.07 Å². The average molecular weight is 363 g/mol. The molecule has 0 amide bonds. The largest absolute Gasteiger partial charge is 0.478 e. The molecule has 27 heavy (non-hydrogen) atoms. The topological polar surface area (TPSA) is 67.8 Å². The van der Waals surface area contributed by atoms with Gasteiger partial charge in [-0.05, 0) is 84.4 Å². The summed E-state index contributed by atoms with van der Waals surface area (Å²) >= 11 is 0. The molecule has 2 aromatic rings. The zero-order chi connectivity index (χ0) is 18.1. The monoisotopic (exact) mass is 363 g/mol. The van der Waals surface area contributed by atoms with E-state index in [1.807, 2.05) is 18.2 Å². The van der Waals surface area contributed by atoms with E-state index in [1.54, 1.807) is 6.07 Å². The predicted molar refractivity (Wildman–Crippen MR) is 99.4 cm³/mol. The molecule has 138 valence electrons. The molecule has 2 fully saturated rings. The number of hydrogen-bond donors (Lipinski definition) is 2. The van der Waals surface area contributed by atoms with Crippen LogP contribution in [0.15, 0.2) is 36.4 Å². The van der Waals surface area contributed by atoms with Crippen molar-refractivity contribution in [3.63, 3.8) is 0 Å². The Bertz CT molecular complexity index is 955. The molecule has 2 N–H and O–H groups in total. The minimum atomic E-state index is -0.851. The van der Waals surface area contributed by atoms with Gasteiger partial charge in [0, 0.05) is 5.69 Å². The predicted octanol–water partition coefficient (Wildman–Crippen LogP) is 4.41. The quantitative estimate of drug-likeness (QED) is 0.827. The molecule has 6 rings (SSSR count). The number of fused-ring (bicyclic) bond motifs is 8. The first-order chi connectivity index (χ1) is 13.2. The molecule has 0 spiro atoms. The Hall–Kier alpha value is -2.69. The van der Waals surface area contributed by atoms with Crippen LogP contribution in [0.4, 0.5) is 5.69 Å². The molecule has 5 nitrogen and oxygen atoms in total. The van der Waals surface area contributed by atoms with E-state index in [0.717, 1.165) is 17.2 Å². The molecular weight excluding hydrogens is 342 g/mol. The second-order valence-electron chi connectivity index (χ2n) is 8.28. The standard InChI is InChI=1S/C22H21NO4/c24-22(25)14-3-5-16-15(8-14)19-11-1-2-12(7-11)20(19)21(23-16)13-4-6-17-18(9-13)27-10-26-17/h3-6,8-9,11-12,19-21,23H,1-2,7,10H2,(H,24,25)/t11-,12-,19-,20+,21+/m0/s1. The minimum absolute atomic E-state index is 0.225. The van der Waals surface area contributed by atoms with E-state index in [4.69, 9.17) is 9.47 Å². The van der Waals surface area contributed by atoms with Crippen LogP contribution in [-0.2, 0) is 0 Å². The summed E-state index contributed by atoms with van der Waals surface area (Å²) in [6.07, 6.45) is 3.80. The molecule has 5 heteroatoms. The smallest absolute Gasteiger partial charge is 0.335 e. The first kappa shape index (κ1) is 15.4. The van der Waals surface area contributed by atoms with Crippen LogP contribution in [0.2, 0.25) is 0 Å². The summed E-state index contributed by atoms with van der Waals surface area (Å²) in [7, 11) is 0. The summed E-state index contributed by atoms with van der Waals surface area (Å²) in [5.41, 5.74) is 3.90. The van der Waals surface area contributed by atoms with Crippen LogP contribution in [0.1, 0.15) is 52.7 Å². The lowest BCUT2D eigenvalue weighted by atomic mass is 9.68. The van der Waals surface area contributed by atoms with Crippen LogP contribution in [0.3, 0.4) is 0 Å². The van der Waals surface area contributed by atoms with E-state index in [0.29, 0.717) is 29.2 Å². The zero-order valence-corrected chi connectivity index (χ0v) is 14.9. The van der Waals surface area contributed by atoms with Crippen LogP contribution < -0.4 is 14.8 Å². The van der Waals surface area contributed by atoms with Gasteiger partial charge in [-0.25, -0.2) is 4.79 Å². The molecular formula is C22H21NO4. The lowest BCUT2D eigenvalue weighted by Gasteiger charge is -2.43. The minimum Gasteiger partial charge on any atom is -0.478 e. The van der Waals surface area contributed by atoms with Crippen molar-refractivity contribution in [2.24, 2.45) is 17.8 Å². The van der Waals surface area contributed by atoms with Gasteiger partial charge >= 0.3 is 5.97 Å². The molecule has 2 aliphatic heterocycles. The number of aromatic carboxylic acids is 1. The van der Waals surface area contributed by atoms with Crippen molar-refractivity contribution in [2.45, 2.75) is 31.2 Å². The molecule has 2 saturated carbocycles. The lowest BCUT2D eigenvalue weighted by Crippen LogP contribution is -2.35. The van der Waals surface area contributed by atoms with E-state index in [-0.39, 0.29) is 12.8 Å². The molecule has 0 unspecified atom stereocenters. The maximum atomic E-state index is 11.5. The van der Waals surface area contributed by atoms with Crippen molar-refractivity contribution in [3.05, 3.63) is 53.1 Å². The van der Waals surface area contributed by atoms with E-state index >= 15 is 0 Å². The number of nitrogens with one attached hydrogen (secondary N) is 1. The number of carboxylic acids is 1. The Labute approximate surface area is 157 Å². The van der Waals surface area contributed by atoms with Crippen LogP contribution >= 0.6 is 0 Å². The van der Waals surface area contributed by atoms with Crippen LogP contribution in [0, 0.1) is 17.8 Å². The van der Waals surface area contributed by atoms with Crippen LogP contribution in [0.25, 0.3) is 0 Å². The normalized spacial score (nSPS) is 31.9. The maximum absolute atomic E-state index is 11.5. The molecule has 2 aromatic carbocycles. The number of carbonyl (C=O) groups is 1. The van der Waals surface area contributed by atoms with Gasteiger partial charge in [0.2, 0.25) is 6.79 Å². The van der Waals surface area contributed by atoms with Gasteiger partial charge in [-0.15, -0.1) is 0 Å². The summed E-state index contributed by atoms with van der Waals surface area (Å²) in [5, 5.41) is 13.2. The van der Waals surface area contributed by atoms with Crippen molar-refractivity contribution in [3.8, 4) is 11.5 Å². The molecule has 2 heterocycles. The highest BCUT2D eigenvalue weighted by Crippen LogP contribution is 2.64. The SMILES string of the molecule is O=C(O)c1ccc2c(c1)[C@@H]1[C@H]3CC[C@@H](C3)[C@H]1[C@@H](c1ccc3c(c1)OCO3)N2. The Morgan fingerprint density at radius 3 is 2.78 bits per heavy atom. The fraction of sp³-hybridized carbons (Fsp3) is 0.409. The van der Waals surface area contributed by atoms with Gasteiger partial charge in [0.05, 0.1) is 11.6 Å². The van der Waals surface area contributed by atoms with Crippen molar-refractivity contribution in [2.75, 3.05) is 12.1 Å². The number of anilines is 1. The molecule has 2 aliphatic carbocycles. The Morgan fingerprint density at radius 1 is 1.04 bits per heavy atom. The highest BCUT2D eigenvalue weighted by molar-refractivity contribution is 5.88. The fourth-order valence-electron chi connectivity index (χ4n) is 6.06. The third-order valence-electron chi connectivity index (χ3n) is 7.09. The van der Waals surface area contributed by atoms with Crippen molar-refractivity contribution in [1.29, 1.82) is 0 Å². The van der Waals surface area contributed by atoms with Gasteiger partial charge in [0.25, 0.3) is 0 Å². The van der Waals surface area contributed by atoms with Gasteiger partial charge in [0.15, 0.2) is 11.5 Å². The van der Waals surface area contributed by atoms with Gasteiger partial charge in [-0.2, -0.15) is 0 Å². The van der Waals surface area contributed by atoms with Gasteiger partial charge in [-0.3, -0.25) is 0 Å². The van der Waals surface area contributed by atoms with E-state index in [9.17, 15) is 9.90 Å². The third kappa shape index (κ3) is 2.14. The number of carboxylic acid groups (broad SMARTS) is 1. The highest BCUT2D eigenvalue weighted by Gasteiger charge is 2.54. The molecule has 4 aliphatic rings. The fourth-order valence-corrected chi connectivity index (χ4v) is 6.06. The van der Waals surface area contributed by atoms with Crippen molar-refractivity contribution >= 4 is 11.7 Å². The second kappa shape index (κ2) is 5.41. The number of ether oxygens (including phenoxy) is 2. The first-order valence-electron chi connectivity index (χ1n) is 9.72. The summed E-state index contributed by atoms with van der Waals surface area (Å²) in [5.74, 6) is 3.09. The first-order valence-corrected chi connectivity index (χ1v) is 9.72. The van der Waals surface area contributed by atoms with Gasteiger partial charge < -0.3 is 19.9 Å². The molecule has 2 bridgehead atoms. The molecule has 0 saturated heterocycles. The summed E-state index contributed by atoms with van der Waals surface area (Å²) in [6, 6.07) is 12.0. The summed E-state index contributed by atoms with van der Waals surface area (Å²) in [4.78, 5) is 11.5. The van der Waals surface area contributed by atoms with E-state index in [2.05, 4.69) is 17.4 Å².